The molecule has 0 unspecified atom stereocenters. The van der Waals surface area contributed by atoms with Crippen molar-refractivity contribution in [3.63, 3.8) is 0 Å². The summed E-state index contributed by atoms with van der Waals surface area (Å²) in [6.45, 7) is 8.05. The largest absolute Gasteiger partial charge is 0.316 e. The molecule has 7 heteroatoms. The lowest BCUT2D eigenvalue weighted by molar-refractivity contribution is -0.118. The van der Waals surface area contributed by atoms with Gasteiger partial charge >= 0.3 is 0 Å². The molecule has 2 fully saturated rings. The van der Waals surface area contributed by atoms with E-state index in [1.165, 1.54) is 17.3 Å². The number of hydrogen-bond donors (Lipinski definition) is 0. The van der Waals surface area contributed by atoms with Gasteiger partial charge in [0.15, 0.2) is 15.0 Å². The van der Waals surface area contributed by atoms with Gasteiger partial charge in [0, 0.05) is 17.4 Å². The predicted molar refractivity (Wildman–Crippen MR) is 104 cm³/mol. The van der Waals surface area contributed by atoms with Crippen LogP contribution in [-0.4, -0.2) is 42.3 Å². The molecule has 0 aromatic heterocycles. The number of hydrogen-bond acceptors (Lipinski definition) is 4. The summed E-state index contributed by atoms with van der Waals surface area (Å²) in [5.74, 6) is 0.378. The maximum Gasteiger partial charge on any atom is 0.248 e. The van der Waals surface area contributed by atoms with Gasteiger partial charge in [0.25, 0.3) is 0 Å². The molecule has 2 aliphatic heterocycles. The average Bonchev–Trinajstić information content (AvgIpc) is 2.92. The monoisotopic (exact) mass is 380 g/mol. The molecule has 2 heterocycles. The smallest absolute Gasteiger partial charge is 0.248 e. The zero-order valence-corrected chi connectivity index (χ0v) is 16.7. The van der Waals surface area contributed by atoms with E-state index in [0.717, 1.165) is 11.3 Å². The quantitative estimate of drug-likeness (QED) is 0.806. The molecule has 5 nitrogen and oxygen atoms in total. The second-order valence-corrected chi connectivity index (χ2v) is 10.7. The third kappa shape index (κ3) is 3.92. The maximum atomic E-state index is 12.2. The van der Waals surface area contributed by atoms with Crippen LogP contribution in [0.15, 0.2) is 23.2 Å². The van der Waals surface area contributed by atoms with E-state index in [2.05, 4.69) is 4.99 Å². The number of benzene rings is 1. The van der Waals surface area contributed by atoms with Crippen molar-refractivity contribution >= 4 is 38.4 Å². The summed E-state index contributed by atoms with van der Waals surface area (Å²) in [5.41, 5.74) is 3.23. The number of amides is 1. The van der Waals surface area contributed by atoms with Crippen molar-refractivity contribution in [3.05, 3.63) is 29.3 Å². The van der Waals surface area contributed by atoms with Crippen molar-refractivity contribution in [3.8, 4) is 0 Å². The molecule has 25 heavy (non-hydrogen) atoms. The van der Waals surface area contributed by atoms with E-state index in [1.54, 1.807) is 0 Å². The van der Waals surface area contributed by atoms with Gasteiger partial charge in [0.1, 0.15) is 0 Å². The van der Waals surface area contributed by atoms with Crippen LogP contribution in [0.5, 0.6) is 0 Å². The Morgan fingerprint density at radius 2 is 2.00 bits per heavy atom. The standard InChI is InChI=1S/C18H24N2O3S2/c1-11(2)7-17(21)19-18-20(14-6-5-12(3)13(4)8-14)15-9-25(22,23)10-16(15)24-18/h5-6,8,11,15-16H,7,9-10H2,1-4H3/t15-,16-/m1/s1. The minimum Gasteiger partial charge on any atom is -0.316 e. The van der Waals surface area contributed by atoms with Gasteiger partial charge in [-0.2, -0.15) is 4.99 Å². The zero-order valence-electron chi connectivity index (χ0n) is 15.0. The Kier molecular flexibility index (Phi) is 4.99. The molecule has 0 bridgehead atoms. The Morgan fingerprint density at radius 1 is 1.28 bits per heavy atom. The van der Waals surface area contributed by atoms with Gasteiger partial charge < -0.3 is 4.90 Å². The molecule has 1 aromatic rings. The Labute approximate surface area is 153 Å². The zero-order chi connectivity index (χ0) is 18.4. The van der Waals surface area contributed by atoms with Gasteiger partial charge in [-0.1, -0.05) is 31.7 Å². The number of nitrogens with zero attached hydrogens (tertiary/aromatic N) is 2. The van der Waals surface area contributed by atoms with E-state index in [-0.39, 0.29) is 34.6 Å². The molecule has 3 rings (SSSR count). The second-order valence-electron chi connectivity index (χ2n) is 7.33. The van der Waals surface area contributed by atoms with Gasteiger partial charge in [-0.15, -0.1) is 0 Å². The van der Waals surface area contributed by atoms with E-state index >= 15 is 0 Å². The number of aryl methyl sites for hydroxylation is 2. The summed E-state index contributed by atoms with van der Waals surface area (Å²) in [5, 5.41) is 0.580. The molecular formula is C18H24N2O3S2. The van der Waals surface area contributed by atoms with Crippen molar-refractivity contribution in [2.24, 2.45) is 10.9 Å². The summed E-state index contributed by atoms with van der Waals surface area (Å²) in [4.78, 5) is 18.5. The third-order valence-electron chi connectivity index (χ3n) is 4.64. The molecule has 0 N–H and O–H groups in total. The summed E-state index contributed by atoms with van der Waals surface area (Å²) in [7, 11) is -3.04. The Bertz CT molecular complexity index is 831. The van der Waals surface area contributed by atoms with Crippen LogP contribution in [0, 0.1) is 19.8 Å². The fourth-order valence-corrected chi connectivity index (χ4v) is 7.17. The van der Waals surface area contributed by atoms with Crippen molar-refractivity contribution in [2.75, 3.05) is 16.4 Å². The summed E-state index contributed by atoms with van der Waals surface area (Å²) < 4.78 is 24.1. The van der Waals surface area contributed by atoms with Crippen LogP contribution in [0.3, 0.4) is 0 Å². The predicted octanol–water partition coefficient (Wildman–Crippen LogP) is 2.95. The molecule has 136 valence electrons. The highest BCUT2D eigenvalue weighted by molar-refractivity contribution is 8.16. The first kappa shape index (κ1) is 18.5. The second kappa shape index (κ2) is 6.76. The van der Waals surface area contributed by atoms with Gasteiger partial charge in [0.05, 0.1) is 17.5 Å². The van der Waals surface area contributed by atoms with Crippen LogP contribution in [0.1, 0.15) is 31.4 Å². The van der Waals surface area contributed by atoms with E-state index < -0.39 is 9.84 Å². The fourth-order valence-electron chi connectivity index (χ4n) is 3.24. The minimum absolute atomic E-state index is 0.0581. The number of thioether (sulfide) groups is 1. The normalized spacial score (nSPS) is 26.4. The van der Waals surface area contributed by atoms with Gasteiger partial charge in [0.2, 0.25) is 5.91 Å². The minimum atomic E-state index is -3.04. The topological polar surface area (TPSA) is 66.8 Å². The number of amidine groups is 1. The molecule has 2 aliphatic rings. The van der Waals surface area contributed by atoms with E-state index in [4.69, 9.17) is 0 Å². The SMILES string of the molecule is Cc1ccc(N2C(=NC(=O)CC(C)C)S[C@@H]3CS(=O)(=O)C[C@H]32)cc1C. The molecule has 0 spiro atoms. The fraction of sp³-hybridized carbons (Fsp3) is 0.556. The molecule has 2 atom stereocenters. The van der Waals surface area contributed by atoms with Crippen molar-refractivity contribution < 1.29 is 13.2 Å². The molecular weight excluding hydrogens is 356 g/mol. The Morgan fingerprint density at radius 3 is 2.64 bits per heavy atom. The lowest BCUT2D eigenvalue weighted by atomic mass is 10.1. The number of carbonyl (C=O) groups is 1. The Balaban J connectivity index is 1.99. The first-order valence-electron chi connectivity index (χ1n) is 8.51. The molecule has 1 amide bonds. The lowest BCUT2D eigenvalue weighted by Gasteiger charge is -2.25. The number of sulfone groups is 1. The van der Waals surface area contributed by atoms with Crippen molar-refractivity contribution in [2.45, 2.75) is 45.4 Å². The van der Waals surface area contributed by atoms with Crippen LogP contribution < -0.4 is 4.90 Å². The van der Waals surface area contributed by atoms with Gasteiger partial charge in [-0.25, -0.2) is 8.42 Å². The lowest BCUT2D eigenvalue weighted by Crippen LogP contribution is -2.37. The van der Waals surface area contributed by atoms with E-state index in [0.29, 0.717) is 11.6 Å². The third-order valence-corrected chi connectivity index (χ3v) is 7.85. The highest BCUT2D eigenvalue weighted by Crippen LogP contribution is 2.41. The summed E-state index contributed by atoms with van der Waals surface area (Å²) in [6, 6.07) is 5.91. The molecule has 0 aliphatic carbocycles. The summed E-state index contributed by atoms with van der Waals surface area (Å²) in [6.07, 6.45) is 0.401. The first-order chi connectivity index (χ1) is 11.7. The molecule has 1 aromatic carbocycles. The maximum absolute atomic E-state index is 12.2. The molecule has 2 saturated heterocycles. The number of rotatable bonds is 3. The molecule has 0 saturated carbocycles. The number of aliphatic imine (C=N–C) groups is 1. The first-order valence-corrected chi connectivity index (χ1v) is 11.2. The average molecular weight is 381 g/mol. The van der Waals surface area contributed by atoms with Crippen LogP contribution in [-0.2, 0) is 14.6 Å². The van der Waals surface area contributed by atoms with Crippen LogP contribution >= 0.6 is 11.8 Å². The van der Waals surface area contributed by atoms with Crippen LogP contribution in [0.4, 0.5) is 5.69 Å². The summed E-state index contributed by atoms with van der Waals surface area (Å²) >= 11 is 1.43. The molecule has 0 radical (unpaired) electrons. The van der Waals surface area contributed by atoms with E-state index in [9.17, 15) is 13.2 Å². The van der Waals surface area contributed by atoms with E-state index in [1.807, 2.05) is 50.8 Å². The van der Waals surface area contributed by atoms with Gasteiger partial charge in [-0.3, -0.25) is 4.79 Å². The van der Waals surface area contributed by atoms with Crippen molar-refractivity contribution in [1.29, 1.82) is 0 Å². The number of fused-ring (bicyclic) bond motifs is 1. The highest BCUT2D eigenvalue weighted by Gasteiger charge is 2.49. The van der Waals surface area contributed by atoms with Crippen LogP contribution in [0.2, 0.25) is 0 Å². The number of carbonyl (C=O) groups excluding carboxylic acids is 1. The van der Waals surface area contributed by atoms with Crippen LogP contribution in [0.25, 0.3) is 0 Å². The Hall–Kier alpha value is -1.34. The van der Waals surface area contributed by atoms with Gasteiger partial charge in [-0.05, 0) is 43.0 Å². The number of anilines is 1. The van der Waals surface area contributed by atoms with Crippen molar-refractivity contribution in [1.82, 2.24) is 0 Å². The highest BCUT2D eigenvalue weighted by atomic mass is 32.2.